The van der Waals surface area contributed by atoms with Crippen LogP contribution in [0.4, 0.5) is 5.69 Å². The van der Waals surface area contributed by atoms with Crippen LogP contribution in [0, 0.1) is 5.92 Å². The SMILES string of the molecule is CC(c1ccc(CCC(=O)Nc2cc(-c3ccccc3)c(O)c(-c3ccccc3)c2)cc1)(C1CCCCC1)N(Cc1ccccc1)C(=O)C(=O)O. The quantitative estimate of drug-likeness (QED) is 0.0953. The van der Waals surface area contributed by atoms with E-state index < -0.39 is 17.4 Å². The fourth-order valence-electron chi connectivity index (χ4n) is 7.48. The first-order chi connectivity index (χ1) is 24.7. The topological polar surface area (TPSA) is 107 Å². The van der Waals surface area contributed by atoms with Crippen molar-refractivity contribution < 1.29 is 24.6 Å². The van der Waals surface area contributed by atoms with Crippen LogP contribution in [0.2, 0.25) is 0 Å². The lowest BCUT2D eigenvalue weighted by atomic mass is 9.70. The Bertz CT molecular complexity index is 1900. The van der Waals surface area contributed by atoms with Crippen LogP contribution >= 0.6 is 0 Å². The summed E-state index contributed by atoms with van der Waals surface area (Å²) in [5.41, 5.74) is 5.42. The summed E-state index contributed by atoms with van der Waals surface area (Å²) >= 11 is 0. The van der Waals surface area contributed by atoms with Gasteiger partial charge in [0.25, 0.3) is 0 Å². The molecule has 0 radical (unpaired) electrons. The second kappa shape index (κ2) is 15.9. The summed E-state index contributed by atoms with van der Waals surface area (Å²) in [6, 6.07) is 40.3. The number of nitrogens with zero attached hydrogens (tertiary/aromatic N) is 1. The molecule has 0 aromatic heterocycles. The molecule has 7 heteroatoms. The highest BCUT2D eigenvalue weighted by atomic mass is 16.4. The molecular formula is C44H44N2O5. The summed E-state index contributed by atoms with van der Waals surface area (Å²) in [4.78, 5) is 40.5. The predicted octanol–water partition coefficient (Wildman–Crippen LogP) is 9.21. The van der Waals surface area contributed by atoms with Crippen LogP contribution in [0.25, 0.3) is 22.3 Å². The van der Waals surface area contributed by atoms with Crippen LogP contribution in [0.1, 0.15) is 62.1 Å². The normalized spacial score (nSPS) is 14.3. The number of anilines is 1. The second-order valence-corrected chi connectivity index (χ2v) is 13.6. The number of hydrogen-bond acceptors (Lipinski definition) is 4. The molecule has 5 aromatic rings. The molecule has 0 saturated heterocycles. The summed E-state index contributed by atoms with van der Waals surface area (Å²) in [7, 11) is 0. The Morgan fingerprint density at radius 3 is 1.78 bits per heavy atom. The van der Waals surface area contributed by atoms with E-state index in [0.29, 0.717) is 23.2 Å². The number of amides is 2. The number of carboxylic acid groups (broad SMARTS) is 1. The van der Waals surface area contributed by atoms with E-state index in [1.165, 1.54) is 0 Å². The smallest absolute Gasteiger partial charge is 0.394 e. The number of phenols is 1. The lowest BCUT2D eigenvalue weighted by molar-refractivity contribution is -0.162. The molecule has 1 aliphatic carbocycles. The number of rotatable bonds is 11. The zero-order chi connectivity index (χ0) is 35.8. The summed E-state index contributed by atoms with van der Waals surface area (Å²) in [5.74, 6) is -2.28. The molecule has 1 fully saturated rings. The van der Waals surface area contributed by atoms with Gasteiger partial charge in [0.15, 0.2) is 0 Å². The molecule has 2 amide bonds. The van der Waals surface area contributed by atoms with E-state index in [1.54, 1.807) is 17.0 Å². The molecule has 1 atom stereocenters. The van der Waals surface area contributed by atoms with Crippen molar-refractivity contribution in [2.75, 3.05) is 5.32 Å². The van der Waals surface area contributed by atoms with Gasteiger partial charge in [0, 0.05) is 29.8 Å². The molecule has 5 aromatic carbocycles. The molecule has 0 bridgehead atoms. The fourth-order valence-corrected chi connectivity index (χ4v) is 7.48. The first-order valence-electron chi connectivity index (χ1n) is 17.7. The van der Waals surface area contributed by atoms with E-state index in [-0.39, 0.29) is 30.5 Å². The lowest BCUT2D eigenvalue weighted by Crippen LogP contribution is -2.54. The maximum absolute atomic E-state index is 13.4. The molecular weight excluding hydrogens is 636 g/mol. The highest BCUT2D eigenvalue weighted by Crippen LogP contribution is 2.45. The Balaban J connectivity index is 1.22. The lowest BCUT2D eigenvalue weighted by Gasteiger charge is -2.48. The molecule has 6 rings (SSSR count). The average molecular weight is 681 g/mol. The third-order valence-corrected chi connectivity index (χ3v) is 10.3. The van der Waals surface area contributed by atoms with Gasteiger partial charge in [-0.3, -0.25) is 9.59 Å². The number of carboxylic acids is 1. The molecule has 260 valence electrons. The van der Waals surface area contributed by atoms with E-state index in [0.717, 1.165) is 59.9 Å². The Hall–Kier alpha value is -5.69. The summed E-state index contributed by atoms with van der Waals surface area (Å²) < 4.78 is 0. The summed E-state index contributed by atoms with van der Waals surface area (Å²) in [5, 5.41) is 24.2. The second-order valence-electron chi connectivity index (χ2n) is 13.6. The van der Waals surface area contributed by atoms with Crippen LogP contribution in [0.3, 0.4) is 0 Å². The number of benzene rings is 5. The number of aryl methyl sites for hydroxylation is 1. The molecule has 1 unspecified atom stereocenters. The largest absolute Gasteiger partial charge is 0.507 e. The molecule has 0 spiro atoms. The molecule has 0 heterocycles. The van der Waals surface area contributed by atoms with E-state index in [1.807, 2.05) is 122 Å². The third-order valence-electron chi connectivity index (χ3n) is 10.3. The monoisotopic (exact) mass is 680 g/mol. The highest BCUT2D eigenvalue weighted by Gasteiger charge is 2.45. The van der Waals surface area contributed by atoms with Crippen molar-refractivity contribution in [3.63, 3.8) is 0 Å². The van der Waals surface area contributed by atoms with Gasteiger partial charge in [0.1, 0.15) is 5.75 Å². The van der Waals surface area contributed by atoms with E-state index in [2.05, 4.69) is 5.32 Å². The van der Waals surface area contributed by atoms with Gasteiger partial charge < -0.3 is 20.4 Å². The van der Waals surface area contributed by atoms with Crippen LogP contribution in [-0.4, -0.2) is 32.9 Å². The van der Waals surface area contributed by atoms with Gasteiger partial charge in [-0.05, 0) is 72.1 Å². The van der Waals surface area contributed by atoms with Gasteiger partial charge in [-0.2, -0.15) is 0 Å². The highest BCUT2D eigenvalue weighted by molar-refractivity contribution is 6.31. The van der Waals surface area contributed by atoms with Crippen LogP contribution in [-0.2, 0) is 32.9 Å². The minimum Gasteiger partial charge on any atom is -0.507 e. The molecule has 7 nitrogen and oxygen atoms in total. The van der Waals surface area contributed by atoms with Gasteiger partial charge in [-0.25, -0.2) is 4.79 Å². The zero-order valence-corrected chi connectivity index (χ0v) is 28.9. The molecule has 1 aliphatic rings. The third kappa shape index (κ3) is 8.04. The van der Waals surface area contributed by atoms with Gasteiger partial charge in [-0.1, -0.05) is 135 Å². The molecule has 51 heavy (non-hydrogen) atoms. The van der Waals surface area contributed by atoms with Crippen molar-refractivity contribution in [3.05, 3.63) is 144 Å². The summed E-state index contributed by atoms with van der Waals surface area (Å²) in [6.07, 6.45) is 5.74. The van der Waals surface area contributed by atoms with Gasteiger partial charge in [-0.15, -0.1) is 0 Å². The maximum Gasteiger partial charge on any atom is 0.394 e. The summed E-state index contributed by atoms with van der Waals surface area (Å²) in [6.45, 7) is 2.20. The fraction of sp³-hybridized carbons (Fsp3) is 0.250. The van der Waals surface area contributed by atoms with Crippen LogP contribution in [0.15, 0.2) is 127 Å². The van der Waals surface area contributed by atoms with Gasteiger partial charge in [0.2, 0.25) is 5.91 Å². The predicted molar refractivity (Wildman–Crippen MR) is 201 cm³/mol. The van der Waals surface area contributed by atoms with Crippen molar-refractivity contribution in [1.82, 2.24) is 4.90 Å². The number of phenolic OH excluding ortho intramolecular Hbond substituents is 1. The molecule has 3 N–H and O–H groups in total. The van der Waals surface area contributed by atoms with E-state index >= 15 is 0 Å². The van der Waals surface area contributed by atoms with Gasteiger partial charge in [0.05, 0.1) is 5.54 Å². The minimum absolute atomic E-state index is 0.0988. The van der Waals surface area contributed by atoms with Crippen LogP contribution in [0.5, 0.6) is 5.75 Å². The number of hydrogen-bond donors (Lipinski definition) is 3. The van der Waals surface area contributed by atoms with Crippen LogP contribution < -0.4 is 5.32 Å². The zero-order valence-electron chi connectivity index (χ0n) is 28.9. The van der Waals surface area contributed by atoms with Crippen molar-refractivity contribution in [2.24, 2.45) is 5.92 Å². The Morgan fingerprint density at radius 1 is 0.725 bits per heavy atom. The standard InChI is InChI=1S/C44H44N2O5/c1-44(35-20-12-5-13-21-35,46(42(49)43(50)51)30-32-14-6-2-7-15-32)36-25-22-31(23-26-36)24-27-40(47)45-37-28-38(33-16-8-3-9-17-33)41(48)39(29-37)34-18-10-4-11-19-34/h2-4,6-11,14-19,22-23,25-26,28-29,35,48H,5,12-13,20-21,24,27,30H2,1H3,(H,45,47)(H,50,51). The average Bonchev–Trinajstić information content (AvgIpc) is 3.17. The first kappa shape index (κ1) is 35.1. The molecule has 1 saturated carbocycles. The van der Waals surface area contributed by atoms with Gasteiger partial charge >= 0.3 is 11.9 Å². The van der Waals surface area contributed by atoms with Crippen molar-refractivity contribution in [2.45, 2.75) is 64.0 Å². The Labute approximate surface area is 299 Å². The minimum atomic E-state index is -1.46. The van der Waals surface area contributed by atoms with Crippen molar-refractivity contribution in [3.8, 4) is 28.0 Å². The first-order valence-corrected chi connectivity index (χ1v) is 17.7. The number of nitrogens with one attached hydrogen (secondary N) is 1. The van der Waals surface area contributed by atoms with Crippen molar-refractivity contribution >= 4 is 23.5 Å². The Morgan fingerprint density at radius 2 is 1.25 bits per heavy atom. The maximum atomic E-state index is 13.4. The Kier molecular flexibility index (Phi) is 11.0. The number of carbonyl (C=O) groups excluding carboxylic acids is 2. The number of aromatic hydroxyl groups is 1. The van der Waals surface area contributed by atoms with Crippen molar-refractivity contribution in [1.29, 1.82) is 0 Å². The molecule has 0 aliphatic heterocycles. The number of carbonyl (C=O) groups is 3. The van der Waals surface area contributed by atoms with E-state index in [9.17, 15) is 24.6 Å². The number of aliphatic carboxylic acids is 1. The van der Waals surface area contributed by atoms with E-state index in [4.69, 9.17) is 0 Å².